The first kappa shape index (κ1) is 16.3. The SMILES string of the molecule is CCC(C)(N)COC(=O)Nc1cccc(C(F)(F)F)c1. The van der Waals surface area contributed by atoms with E-state index in [1.54, 1.807) is 6.92 Å². The molecule has 4 nitrogen and oxygen atoms in total. The predicted molar refractivity (Wildman–Crippen MR) is 69.3 cm³/mol. The first-order valence-electron chi connectivity index (χ1n) is 6.04. The van der Waals surface area contributed by atoms with Crippen LogP contribution >= 0.6 is 0 Å². The van der Waals surface area contributed by atoms with E-state index >= 15 is 0 Å². The molecule has 1 atom stereocenters. The number of carbonyl (C=O) groups excluding carboxylic acids is 1. The molecule has 0 bridgehead atoms. The van der Waals surface area contributed by atoms with E-state index < -0.39 is 23.4 Å². The van der Waals surface area contributed by atoms with Gasteiger partial charge in [-0.1, -0.05) is 13.0 Å². The molecule has 0 saturated carbocycles. The molecular formula is C13H17F3N2O2. The Bertz CT molecular complexity index is 473. The van der Waals surface area contributed by atoms with Crippen molar-refractivity contribution in [3.8, 4) is 0 Å². The van der Waals surface area contributed by atoms with Crippen molar-refractivity contribution in [2.45, 2.75) is 32.0 Å². The highest BCUT2D eigenvalue weighted by Gasteiger charge is 2.30. The van der Waals surface area contributed by atoms with Gasteiger partial charge in [0, 0.05) is 11.2 Å². The minimum Gasteiger partial charge on any atom is -0.447 e. The van der Waals surface area contributed by atoms with Gasteiger partial charge in [-0.2, -0.15) is 13.2 Å². The first-order chi connectivity index (χ1) is 9.14. The van der Waals surface area contributed by atoms with Crippen molar-refractivity contribution in [2.75, 3.05) is 11.9 Å². The monoisotopic (exact) mass is 290 g/mol. The molecule has 0 heterocycles. The molecule has 0 aliphatic heterocycles. The number of anilines is 1. The van der Waals surface area contributed by atoms with Gasteiger partial charge < -0.3 is 10.5 Å². The summed E-state index contributed by atoms with van der Waals surface area (Å²) in [5.41, 5.74) is 4.30. The van der Waals surface area contributed by atoms with E-state index in [2.05, 4.69) is 5.32 Å². The Balaban J connectivity index is 2.63. The van der Waals surface area contributed by atoms with Gasteiger partial charge in [0.25, 0.3) is 0 Å². The van der Waals surface area contributed by atoms with Crippen molar-refractivity contribution in [3.63, 3.8) is 0 Å². The summed E-state index contributed by atoms with van der Waals surface area (Å²) >= 11 is 0. The molecular weight excluding hydrogens is 273 g/mol. The molecule has 0 radical (unpaired) electrons. The van der Waals surface area contributed by atoms with E-state index in [9.17, 15) is 18.0 Å². The number of hydrogen-bond donors (Lipinski definition) is 2. The van der Waals surface area contributed by atoms with E-state index in [-0.39, 0.29) is 12.3 Å². The summed E-state index contributed by atoms with van der Waals surface area (Å²) in [5.74, 6) is 0. The van der Waals surface area contributed by atoms with Gasteiger partial charge in [-0.05, 0) is 31.5 Å². The molecule has 3 N–H and O–H groups in total. The van der Waals surface area contributed by atoms with Gasteiger partial charge in [0.1, 0.15) is 6.61 Å². The lowest BCUT2D eigenvalue weighted by Gasteiger charge is -2.22. The summed E-state index contributed by atoms with van der Waals surface area (Å²) in [4.78, 5) is 11.5. The Morgan fingerprint density at radius 2 is 2.05 bits per heavy atom. The normalized spacial score (nSPS) is 14.5. The largest absolute Gasteiger partial charge is 0.447 e. The number of nitrogens with two attached hydrogens (primary N) is 1. The molecule has 20 heavy (non-hydrogen) atoms. The highest BCUT2D eigenvalue weighted by Crippen LogP contribution is 2.30. The number of rotatable bonds is 4. The topological polar surface area (TPSA) is 64.3 Å². The molecule has 0 aliphatic rings. The minimum absolute atomic E-state index is 0.0139. The van der Waals surface area contributed by atoms with Crippen LogP contribution in [0.2, 0.25) is 0 Å². The van der Waals surface area contributed by atoms with Crippen molar-refractivity contribution < 1.29 is 22.7 Å². The number of halogens is 3. The second-order valence-corrected chi connectivity index (χ2v) is 4.79. The molecule has 1 aromatic rings. The summed E-state index contributed by atoms with van der Waals surface area (Å²) in [6, 6.07) is 4.31. The summed E-state index contributed by atoms with van der Waals surface area (Å²) in [6.07, 6.45) is -4.70. The fourth-order valence-electron chi connectivity index (χ4n) is 1.26. The van der Waals surface area contributed by atoms with Crippen molar-refractivity contribution in [1.29, 1.82) is 0 Å². The Labute approximate surface area is 115 Å². The molecule has 1 aromatic carbocycles. The fraction of sp³-hybridized carbons (Fsp3) is 0.462. The summed E-state index contributed by atoms with van der Waals surface area (Å²) in [5, 5.41) is 2.23. The standard InChI is InChI=1S/C13H17F3N2O2/c1-3-12(2,17)8-20-11(19)18-10-6-4-5-9(7-10)13(14,15)16/h4-7H,3,8,17H2,1-2H3,(H,18,19). The second kappa shape index (κ2) is 6.13. The third kappa shape index (κ3) is 5.08. The quantitative estimate of drug-likeness (QED) is 0.893. The van der Waals surface area contributed by atoms with E-state index in [4.69, 9.17) is 10.5 Å². The third-order valence-corrected chi connectivity index (χ3v) is 2.78. The maximum absolute atomic E-state index is 12.5. The van der Waals surface area contributed by atoms with E-state index in [0.717, 1.165) is 12.1 Å². The number of nitrogens with one attached hydrogen (secondary N) is 1. The summed E-state index contributed by atoms with van der Waals surface area (Å²) in [6.45, 7) is 3.53. The molecule has 0 saturated heterocycles. The lowest BCUT2D eigenvalue weighted by Crippen LogP contribution is -2.41. The van der Waals surface area contributed by atoms with Crippen LogP contribution in [0.15, 0.2) is 24.3 Å². The van der Waals surface area contributed by atoms with E-state index in [1.165, 1.54) is 12.1 Å². The van der Waals surface area contributed by atoms with E-state index in [1.807, 2.05) is 6.92 Å². The molecule has 0 fully saturated rings. The van der Waals surface area contributed by atoms with Gasteiger partial charge in [-0.25, -0.2) is 4.79 Å². The zero-order valence-electron chi connectivity index (χ0n) is 11.3. The smallest absolute Gasteiger partial charge is 0.416 e. The number of carbonyl (C=O) groups is 1. The highest BCUT2D eigenvalue weighted by atomic mass is 19.4. The summed E-state index contributed by atoms with van der Waals surface area (Å²) < 4.78 is 42.4. The molecule has 112 valence electrons. The highest BCUT2D eigenvalue weighted by molar-refractivity contribution is 5.84. The number of amides is 1. The van der Waals surface area contributed by atoms with Crippen molar-refractivity contribution in [3.05, 3.63) is 29.8 Å². The van der Waals surface area contributed by atoms with Crippen LogP contribution in [-0.4, -0.2) is 18.2 Å². The third-order valence-electron chi connectivity index (χ3n) is 2.78. The molecule has 1 amide bonds. The molecule has 0 aliphatic carbocycles. The van der Waals surface area contributed by atoms with Gasteiger partial charge in [-0.3, -0.25) is 5.32 Å². The molecule has 1 unspecified atom stereocenters. The number of benzene rings is 1. The average molecular weight is 290 g/mol. The maximum Gasteiger partial charge on any atom is 0.416 e. The fourth-order valence-corrected chi connectivity index (χ4v) is 1.26. The molecule has 0 spiro atoms. The van der Waals surface area contributed by atoms with Crippen LogP contribution in [0, 0.1) is 0 Å². The van der Waals surface area contributed by atoms with Gasteiger partial charge >= 0.3 is 12.3 Å². The first-order valence-corrected chi connectivity index (χ1v) is 6.04. The molecule has 7 heteroatoms. The van der Waals surface area contributed by atoms with Gasteiger partial charge in [0.2, 0.25) is 0 Å². The van der Waals surface area contributed by atoms with Crippen LogP contribution in [0.1, 0.15) is 25.8 Å². The zero-order valence-corrected chi connectivity index (χ0v) is 11.3. The predicted octanol–water partition coefficient (Wildman–Crippen LogP) is 3.38. The van der Waals surface area contributed by atoms with Crippen molar-refractivity contribution in [1.82, 2.24) is 0 Å². The van der Waals surface area contributed by atoms with Gasteiger partial charge in [0.15, 0.2) is 0 Å². The van der Waals surface area contributed by atoms with Crippen molar-refractivity contribution in [2.24, 2.45) is 5.73 Å². The Morgan fingerprint density at radius 3 is 2.60 bits per heavy atom. The molecule has 1 rings (SSSR count). The Hall–Kier alpha value is -1.76. The summed E-state index contributed by atoms with van der Waals surface area (Å²) in [7, 11) is 0. The van der Waals surface area contributed by atoms with E-state index in [0.29, 0.717) is 6.42 Å². The van der Waals surface area contributed by atoms with Gasteiger partial charge in [0.05, 0.1) is 5.56 Å². The number of alkyl halides is 3. The minimum atomic E-state index is -4.46. The lowest BCUT2D eigenvalue weighted by molar-refractivity contribution is -0.137. The number of hydrogen-bond acceptors (Lipinski definition) is 3. The molecule has 0 aromatic heterocycles. The maximum atomic E-state index is 12.5. The van der Waals surface area contributed by atoms with Crippen LogP contribution in [0.3, 0.4) is 0 Å². The van der Waals surface area contributed by atoms with Crippen LogP contribution in [0.5, 0.6) is 0 Å². The van der Waals surface area contributed by atoms with Gasteiger partial charge in [-0.15, -0.1) is 0 Å². The zero-order chi connectivity index (χ0) is 15.4. The Morgan fingerprint density at radius 1 is 1.40 bits per heavy atom. The second-order valence-electron chi connectivity index (χ2n) is 4.79. The van der Waals surface area contributed by atoms with Crippen LogP contribution in [0.25, 0.3) is 0 Å². The average Bonchev–Trinajstić information content (AvgIpc) is 2.36. The van der Waals surface area contributed by atoms with Crippen molar-refractivity contribution >= 4 is 11.8 Å². The Kier molecular flexibility index (Phi) is 4.99. The number of ether oxygens (including phenoxy) is 1. The van der Waals surface area contributed by atoms with Crippen LogP contribution in [0.4, 0.5) is 23.7 Å². The lowest BCUT2D eigenvalue weighted by atomic mass is 10.0. The van der Waals surface area contributed by atoms with Crippen LogP contribution in [-0.2, 0) is 10.9 Å². The van der Waals surface area contributed by atoms with Crippen LogP contribution < -0.4 is 11.1 Å².